The normalized spacial score (nSPS) is 18.6. The molecule has 0 unspecified atom stereocenters. The van der Waals surface area contributed by atoms with Gasteiger partial charge in [0.1, 0.15) is 5.75 Å². The van der Waals surface area contributed by atoms with Gasteiger partial charge in [-0.1, -0.05) is 30.4 Å². The number of carbonyl (C=O) groups excluding carboxylic acids is 1. The second-order valence-corrected chi connectivity index (χ2v) is 6.17. The minimum absolute atomic E-state index is 0.290. The highest BCUT2D eigenvalue weighted by Gasteiger charge is 2.17. The van der Waals surface area contributed by atoms with E-state index in [1.807, 2.05) is 36.4 Å². The number of anilines is 1. The number of para-hydroxylation sites is 2. The Bertz CT molecular complexity index is 676. The maximum absolute atomic E-state index is 10.9. The minimum Gasteiger partial charge on any atom is -0.491 e. The van der Waals surface area contributed by atoms with Crippen LogP contribution in [0.25, 0.3) is 0 Å². The number of hydrogen-bond donors (Lipinski definition) is 2. The lowest BCUT2D eigenvalue weighted by molar-refractivity contribution is -0.114. The third-order valence-corrected chi connectivity index (χ3v) is 4.42. The molecule has 0 bridgehead atoms. The molecule has 0 saturated heterocycles. The molecule has 2 aliphatic carbocycles. The van der Waals surface area contributed by atoms with E-state index >= 15 is 0 Å². The van der Waals surface area contributed by atoms with Crippen LogP contribution in [0.1, 0.15) is 32.1 Å². The Balaban J connectivity index is 0.000000143. The SMILES string of the molecule is NC(=O)C1=CC=C2CCCC=C2C1.c1ccc2c(c1)NCCCO2. The number of benzene rings is 1. The quantitative estimate of drug-likeness (QED) is 0.827. The fraction of sp³-hybridized carbons (Fsp3) is 0.350. The van der Waals surface area contributed by atoms with Crippen molar-refractivity contribution in [2.45, 2.75) is 32.1 Å². The van der Waals surface area contributed by atoms with Gasteiger partial charge in [0.25, 0.3) is 0 Å². The number of allylic oxidation sites excluding steroid dienone is 5. The first-order valence-corrected chi connectivity index (χ1v) is 8.58. The molecule has 1 aliphatic heterocycles. The highest BCUT2D eigenvalue weighted by molar-refractivity contribution is 5.93. The minimum atomic E-state index is -0.290. The van der Waals surface area contributed by atoms with Gasteiger partial charge >= 0.3 is 0 Å². The topological polar surface area (TPSA) is 64.4 Å². The molecule has 0 aromatic heterocycles. The third kappa shape index (κ3) is 4.07. The maximum Gasteiger partial charge on any atom is 0.244 e. The van der Waals surface area contributed by atoms with Crippen LogP contribution >= 0.6 is 0 Å². The Kier molecular flexibility index (Phi) is 5.36. The van der Waals surface area contributed by atoms with Crippen molar-refractivity contribution in [2.24, 2.45) is 5.73 Å². The molecule has 1 heterocycles. The van der Waals surface area contributed by atoms with Crippen molar-refractivity contribution in [1.82, 2.24) is 0 Å². The van der Waals surface area contributed by atoms with Crippen LogP contribution in [0.2, 0.25) is 0 Å². The van der Waals surface area contributed by atoms with Crippen LogP contribution in [0.4, 0.5) is 5.69 Å². The number of nitrogens with one attached hydrogen (secondary N) is 1. The summed E-state index contributed by atoms with van der Waals surface area (Å²) < 4.78 is 5.49. The standard InChI is InChI=1S/C11H13NO.C9H11NO/c12-11(13)10-6-5-8-3-1-2-4-9(8)7-10;1-2-5-9-8(4-1)10-6-3-7-11-9/h4-6H,1-3,7H2,(H2,12,13);1-2,4-5,10H,3,6-7H2. The molecule has 4 rings (SSSR count). The predicted molar refractivity (Wildman–Crippen MR) is 97.0 cm³/mol. The highest BCUT2D eigenvalue weighted by Crippen LogP contribution is 2.31. The molecule has 4 heteroatoms. The molecule has 0 saturated carbocycles. The first-order chi connectivity index (χ1) is 11.7. The van der Waals surface area contributed by atoms with E-state index in [1.54, 1.807) is 0 Å². The van der Waals surface area contributed by atoms with Gasteiger partial charge in [-0.15, -0.1) is 0 Å². The van der Waals surface area contributed by atoms with Crippen molar-refractivity contribution in [3.63, 3.8) is 0 Å². The highest BCUT2D eigenvalue weighted by atomic mass is 16.5. The summed E-state index contributed by atoms with van der Waals surface area (Å²) in [7, 11) is 0. The van der Waals surface area contributed by atoms with E-state index in [9.17, 15) is 4.79 Å². The van der Waals surface area contributed by atoms with Gasteiger partial charge in [-0.3, -0.25) is 4.79 Å². The number of hydrogen-bond acceptors (Lipinski definition) is 3. The van der Waals surface area contributed by atoms with Gasteiger partial charge in [0, 0.05) is 18.5 Å². The summed E-state index contributed by atoms with van der Waals surface area (Å²) in [6, 6.07) is 8.04. The maximum atomic E-state index is 10.9. The number of ether oxygens (including phenoxy) is 1. The fourth-order valence-electron chi connectivity index (χ4n) is 3.09. The second kappa shape index (κ2) is 7.86. The molecule has 1 aromatic rings. The summed E-state index contributed by atoms with van der Waals surface area (Å²) in [6.45, 7) is 1.83. The third-order valence-electron chi connectivity index (χ3n) is 4.42. The molecule has 1 amide bonds. The van der Waals surface area contributed by atoms with E-state index in [2.05, 4.69) is 11.4 Å². The van der Waals surface area contributed by atoms with Crippen molar-refractivity contribution in [1.29, 1.82) is 0 Å². The molecule has 3 N–H and O–H groups in total. The molecular weight excluding hydrogens is 300 g/mol. The summed E-state index contributed by atoms with van der Waals surface area (Å²) in [4.78, 5) is 10.9. The number of primary amides is 1. The van der Waals surface area contributed by atoms with Crippen LogP contribution in [0.3, 0.4) is 0 Å². The number of carbonyl (C=O) groups is 1. The van der Waals surface area contributed by atoms with Gasteiger partial charge in [-0.05, 0) is 49.0 Å². The molecule has 0 atom stereocenters. The zero-order valence-electron chi connectivity index (χ0n) is 13.9. The van der Waals surface area contributed by atoms with Crippen molar-refractivity contribution in [2.75, 3.05) is 18.5 Å². The van der Waals surface area contributed by atoms with Crippen molar-refractivity contribution in [3.05, 3.63) is 59.2 Å². The van der Waals surface area contributed by atoms with Gasteiger partial charge in [-0.25, -0.2) is 0 Å². The largest absolute Gasteiger partial charge is 0.491 e. The summed E-state index contributed by atoms with van der Waals surface area (Å²) in [5, 5.41) is 3.30. The van der Waals surface area contributed by atoms with Crippen molar-refractivity contribution >= 4 is 11.6 Å². The van der Waals surface area contributed by atoms with Crippen LogP contribution in [0.5, 0.6) is 5.75 Å². The van der Waals surface area contributed by atoms with Gasteiger partial charge in [0.2, 0.25) is 5.91 Å². The van der Waals surface area contributed by atoms with Gasteiger partial charge < -0.3 is 15.8 Å². The lowest BCUT2D eigenvalue weighted by Crippen LogP contribution is -2.16. The zero-order chi connectivity index (χ0) is 16.8. The van der Waals surface area contributed by atoms with E-state index in [0.29, 0.717) is 0 Å². The van der Waals surface area contributed by atoms with Gasteiger partial charge in [-0.2, -0.15) is 0 Å². The number of amides is 1. The predicted octanol–water partition coefficient (Wildman–Crippen LogP) is 3.72. The number of nitrogens with two attached hydrogens (primary N) is 1. The van der Waals surface area contributed by atoms with E-state index in [4.69, 9.17) is 10.5 Å². The van der Waals surface area contributed by atoms with Gasteiger partial charge in [0.15, 0.2) is 0 Å². The monoisotopic (exact) mass is 324 g/mol. The summed E-state index contributed by atoms with van der Waals surface area (Å²) in [5.41, 5.74) is 9.77. The Hall–Kier alpha value is -2.49. The van der Waals surface area contributed by atoms with Crippen LogP contribution < -0.4 is 15.8 Å². The lowest BCUT2D eigenvalue weighted by atomic mass is 9.85. The van der Waals surface area contributed by atoms with Crippen LogP contribution in [-0.2, 0) is 4.79 Å². The van der Waals surface area contributed by atoms with E-state index in [-0.39, 0.29) is 5.91 Å². The van der Waals surface area contributed by atoms with E-state index < -0.39 is 0 Å². The Labute approximate surface area is 143 Å². The molecule has 0 fully saturated rings. The smallest absolute Gasteiger partial charge is 0.244 e. The molecule has 0 spiro atoms. The first kappa shape index (κ1) is 16.4. The first-order valence-electron chi connectivity index (χ1n) is 8.58. The second-order valence-electron chi connectivity index (χ2n) is 6.17. The molecule has 1 aromatic carbocycles. The Morgan fingerprint density at radius 1 is 1.12 bits per heavy atom. The van der Waals surface area contributed by atoms with Crippen LogP contribution in [-0.4, -0.2) is 19.1 Å². The number of rotatable bonds is 1. The Morgan fingerprint density at radius 2 is 2.00 bits per heavy atom. The van der Waals surface area contributed by atoms with Crippen LogP contribution in [0, 0.1) is 0 Å². The molecule has 0 radical (unpaired) electrons. The van der Waals surface area contributed by atoms with Gasteiger partial charge in [0.05, 0.1) is 12.3 Å². The molecule has 4 nitrogen and oxygen atoms in total. The molecular formula is C20H24N2O2. The van der Waals surface area contributed by atoms with Crippen molar-refractivity contribution < 1.29 is 9.53 Å². The molecule has 24 heavy (non-hydrogen) atoms. The Morgan fingerprint density at radius 3 is 2.88 bits per heavy atom. The average molecular weight is 324 g/mol. The van der Waals surface area contributed by atoms with E-state index in [1.165, 1.54) is 17.6 Å². The molecule has 126 valence electrons. The summed E-state index contributed by atoms with van der Waals surface area (Å²) in [5.74, 6) is 0.687. The fourth-order valence-corrected chi connectivity index (χ4v) is 3.09. The summed E-state index contributed by atoms with van der Waals surface area (Å²) in [6.07, 6.45) is 11.5. The lowest BCUT2D eigenvalue weighted by Gasteiger charge is -2.20. The molecule has 3 aliphatic rings. The average Bonchev–Trinajstić information content (AvgIpc) is 2.87. The van der Waals surface area contributed by atoms with Crippen molar-refractivity contribution in [3.8, 4) is 5.75 Å². The van der Waals surface area contributed by atoms with Crippen LogP contribution in [0.15, 0.2) is 59.2 Å². The number of fused-ring (bicyclic) bond motifs is 2. The zero-order valence-corrected chi connectivity index (χ0v) is 13.9. The van der Waals surface area contributed by atoms with E-state index in [0.717, 1.165) is 55.8 Å². The summed E-state index contributed by atoms with van der Waals surface area (Å²) >= 11 is 0.